The quantitative estimate of drug-likeness (QED) is 0.685. The maximum atomic E-state index is 12.9. The van der Waals surface area contributed by atoms with Crippen LogP contribution in [0.25, 0.3) is 11.3 Å². The van der Waals surface area contributed by atoms with Gasteiger partial charge in [-0.3, -0.25) is 4.79 Å². The van der Waals surface area contributed by atoms with Gasteiger partial charge in [0.25, 0.3) is 0 Å². The molecule has 4 rings (SSSR count). The normalized spacial score (nSPS) is 13.1. The number of carbonyl (C=O) groups is 1. The molecule has 2 nitrogen and oxygen atoms in total. The Bertz CT molecular complexity index is 960. The molecule has 3 heteroatoms. The van der Waals surface area contributed by atoms with Crippen molar-refractivity contribution in [3.63, 3.8) is 0 Å². The average Bonchev–Trinajstić information content (AvgIpc) is 2.88. The number of hydrogen-bond donors (Lipinski definition) is 1. The number of rotatable bonds is 3. The molecule has 0 unspecified atom stereocenters. The Morgan fingerprint density at radius 1 is 0.750 bits per heavy atom. The molecule has 24 heavy (non-hydrogen) atoms. The number of benzene rings is 3. The van der Waals surface area contributed by atoms with Gasteiger partial charge in [-0.15, -0.1) is 0 Å². The van der Waals surface area contributed by atoms with Crippen LogP contribution in [0.15, 0.2) is 78.9 Å². The third-order valence-corrected chi connectivity index (χ3v) is 4.31. The summed E-state index contributed by atoms with van der Waals surface area (Å²) in [6.45, 7) is 0. The molecule has 0 aromatic heterocycles. The zero-order valence-corrected chi connectivity index (χ0v) is 13.5. The van der Waals surface area contributed by atoms with Crippen molar-refractivity contribution in [2.45, 2.75) is 0 Å². The fourth-order valence-corrected chi connectivity index (χ4v) is 3.19. The minimum Gasteiger partial charge on any atom is -0.354 e. The summed E-state index contributed by atoms with van der Waals surface area (Å²) in [7, 11) is 0. The fourth-order valence-electron chi connectivity index (χ4n) is 3.00. The van der Waals surface area contributed by atoms with E-state index in [2.05, 4.69) is 5.32 Å². The Kier molecular flexibility index (Phi) is 3.68. The Hall–Kier alpha value is -2.84. The van der Waals surface area contributed by atoms with Crippen molar-refractivity contribution in [3.05, 3.63) is 101 Å². The van der Waals surface area contributed by atoms with E-state index in [1.165, 1.54) is 0 Å². The smallest absolute Gasteiger partial charge is 0.196 e. The lowest BCUT2D eigenvalue weighted by Gasteiger charge is -2.12. The monoisotopic (exact) mass is 331 g/mol. The molecule has 0 heterocycles. The SMILES string of the molecule is O=C1C(c2ccccc2)=C(Nc2cccc(Cl)c2)c2ccccc21. The second kappa shape index (κ2) is 5.99. The zero-order chi connectivity index (χ0) is 16.5. The minimum atomic E-state index is 0.0429. The van der Waals surface area contributed by atoms with Crippen LogP contribution < -0.4 is 5.32 Å². The summed E-state index contributed by atoms with van der Waals surface area (Å²) in [6, 6.07) is 24.9. The molecule has 1 aliphatic rings. The summed E-state index contributed by atoms with van der Waals surface area (Å²) in [5, 5.41) is 4.04. The first-order valence-electron chi connectivity index (χ1n) is 7.70. The van der Waals surface area contributed by atoms with Gasteiger partial charge in [-0.25, -0.2) is 0 Å². The van der Waals surface area contributed by atoms with Crippen LogP contribution in [0.3, 0.4) is 0 Å². The van der Waals surface area contributed by atoms with E-state index in [0.717, 1.165) is 28.1 Å². The molecule has 0 saturated heterocycles. The highest BCUT2D eigenvalue weighted by Crippen LogP contribution is 2.38. The van der Waals surface area contributed by atoms with Crippen LogP contribution in [-0.2, 0) is 0 Å². The molecule has 0 spiro atoms. The summed E-state index contributed by atoms with van der Waals surface area (Å²) >= 11 is 6.09. The Morgan fingerprint density at radius 2 is 1.46 bits per heavy atom. The number of ketones is 1. The van der Waals surface area contributed by atoms with Gasteiger partial charge >= 0.3 is 0 Å². The van der Waals surface area contributed by atoms with Gasteiger partial charge in [0.2, 0.25) is 0 Å². The standard InChI is InChI=1S/C21H14ClNO/c22-15-9-6-10-16(13-15)23-20-17-11-4-5-12-18(17)21(24)19(20)14-7-2-1-3-8-14/h1-13,23H. The van der Waals surface area contributed by atoms with Gasteiger partial charge in [0.05, 0.1) is 11.3 Å². The molecular weight excluding hydrogens is 318 g/mol. The van der Waals surface area contributed by atoms with E-state index in [9.17, 15) is 4.79 Å². The van der Waals surface area contributed by atoms with Crippen LogP contribution in [-0.4, -0.2) is 5.78 Å². The third-order valence-electron chi connectivity index (χ3n) is 4.07. The van der Waals surface area contributed by atoms with Gasteiger partial charge in [-0.05, 0) is 23.8 Å². The third kappa shape index (κ3) is 2.51. The van der Waals surface area contributed by atoms with Crippen molar-refractivity contribution < 1.29 is 4.79 Å². The number of anilines is 1. The van der Waals surface area contributed by atoms with Crippen LogP contribution in [0.4, 0.5) is 5.69 Å². The first-order chi connectivity index (χ1) is 11.7. The summed E-state index contributed by atoms with van der Waals surface area (Å²) in [5.74, 6) is 0.0429. The molecule has 3 aromatic rings. The summed E-state index contributed by atoms with van der Waals surface area (Å²) in [6.07, 6.45) is 0. The fraction of sp³-hybridized carbons (Fsp3) is 0. The predicted octanol–water partition coefficient (Wildman–Crippen LogP) is 5.52. The number of allylic oxidation sites excluding steroid dienone is 1. The van der Waals surface area contributed by atoms with Crippen LogP contribution in [0, 0.1) is 0 Å². The van der Waals surface area contributed by atoms with E-state index in [0.29, 0.717) is 10.6 Å². The highest BCUT2D eigenvalue weighted by molar-refractivity contribution is 6.40. The maximum absolute atomic E-state index is 12.9. The molecular formula is C21H14ClNO. The Labute approximate surface area is 145 Å². The van der Waals surface area contributed by atoms with Gasteiger partial charge in [-0.1, -0.05) is 72.3 Å². The molecule has 0 atom stereocenters. The molecule has 0 aliphatic heterocycles. The molecule has 116 valence electrons. The van der Waals surface area contributed by atoms with Gasteiger partial charge < -0.3 is 5.32 Å². The lowest BCUT2D eigenvalue weighted by molar-refractivity contribution is 0.105. The molecule has 1 N–H and O–H groups in total. The predicted molar refractivity (Wildman–Crippen MR) is 99.1 cm³/mol. The van der Waals surface area contributed by atoms with E-state index in [1.54, 1.807) is 0 Å². The molecule has 0 amide bonds. The highest BCUT2D eigenvalue weighted by atomic mass is 35.5. The minimum absolute atomic E-state index is 0.0429. The van der Waals surface area contributed by atoms with Crippen molar-refractivity contribution in [3.8, 4) is 0 Å². The lowest BCUT2D eigenvalue weighted by Crippen LogP contribution is -2.01. The van der Waals surface area contributed by atoms with Gasteiger partial charge in [0.1, 0.15) is 0 Å². The summed E-state index contributed by atoms with van der Waals surface area (Å²) in [5.41, 5.74) is 4.92. The van der Waals surface area contributed by atoms with Gasteiger partial charge in [0, 0.05) is 21.8 Å². The molecule has 3 aromatic carbocycles. The van der Waals surface area contributed by atoms with Crippen LogP contribution in [0.1, 0.15) is 21.5 Å². The van der Waals surface area contributed by atoms with Crippen molar-refractivity contribution in [1.29, 1.82) is 0 Å². The maximum Gasteiger partial charge on any atom is 0.196 e. The first-order valence-corrected chi connectivity index (χ1v) is 8.08. The molecule has 0 radical (unpaired) electrons. The van der Waals surface area contributed by atoms with E-state index < -0.39 is 0 Å². The highest BCUT2D eigenvalue weighted by Gasteiger charge is 2.30. The lowest BCUT2D eigenvalue weighted by atomic mass is 10.0. The number of hydrogen-bond acceptors (Lipinski definition) is 2. The number of carbonyl (C=O) groups excluding carboxylic acids is 1. The van der Waals surface area contributed by atoms with Gasteiger partial charge in [-0.2, -0.15) is 0 Å². The molecule has 0 saturated carbocycles. The number of fused-ring (bicyclic) bond motifs is 1. The van der Waals surface area contributed by atoms with E-state index >= 15 is 0 Å². The van der Waals surface area contributed by atoms with Crippen molar-refractivity contribution in [1.82, 2.24) is 0 Å². The van der Waals surface area contributed by atoms with Crippen LogP contribution in [0.2, 0.25) is 5.02 Å². The molecule has 0 bridgehead atoms. The second-order valence-electron chi connectivity index (χ2n) is 5.63. The van der Waals surface area contributed by atoms with E-state index in [1.807, 2.05) is 78.9 Å². The number of halogens is 1. The molecule has 1 aliphatic carbocycles. The zero-order valence-electron chi connectivity index (χ0n) is 12.8. The number of Topliss-reactive ketones (excluding diaryl/α,β-unsaturated/α-hetero) is 1. The van der Waals surface area contributed by atoms with Crippen LogP contribution >= 0.6 is 11.6 Å². The van der Waals surface area contributed by atoms with Crippen LogP contribution in [0.5, 0.6) is 0 Å². The molecule has 0 fully saturated rings. The van der Waals surface area contributed by atoms with E-state index in [4.69, 9.17) is 11.6 Å². The summed E-state index contributed by atoms with van der Waals surface area (Å²) in [4.78, 5) is 12.9. The largest absolute Gasteiger partial charge is 0.354 e. The number of nitrogens with one attached hydrogen (secondary N) is 1. The van der Waals surface area contributed by atoms with Crippen molar-refractivity contribution >= 4 is 34.3 Å². The van der Waals surface area contributed by atoms with Gasteiger partial charge in [0.15, 0.2) is 5.78 Å². The Balaban J connectivity index is 1.89. The topological polar surface area (TPSA) is 29.1 Å². The van der Waals surface area contributed by atoms with Crippen molar-refractivity contribution in [2.75, 3.05) is 5.32 Å². The Morgan fingerprint density at radius 3 is 2.21 bits per heavy atom. The summed E-state index contributed by atoms with van der Waals surface area (Å²) < 4.78 is 0. The average molecular weight is 332 g/mol. The second-order valence-corrected chi connectivity index (χ2v) is 6.06. The first kappa shape index (κ1) is 14.7. The van der Waals surface area contributed by atoms with Crippen molar-refractivity contribution in [2.24, 2.45) is 0 Å². The van der Waals surface area contributed by atoms with E-state index in [-0.39, 0.29) is 5.78 Å².